The van der Waals surface area contributed by atoms with Crippen molar-refractivity contribution in [3.63, 3.8) is 0 Å². The van der Waals surface area contributed by atoms with Crippen LogP contribution in [0.25, 0.3) is 0 Å². The number of benzene rings is 2. The molecule has 2 amide bonds. The smallest absolute Gasteiger partial charge is 0.416 e. The van der Waals surface area contributed by atoms with Crippen molar-refractivity contribution in [1.82, 2.24) is 5.32 Å². The lowest BCUT2D eigenvalue weighted by molar-refractivity contribution is -0.148. The van der Waals surface area contributed by atoms with Gasteiger partial charge in [0.15, 0.2) is 6.61 Å². The number of ether oxygens (including phenoxy) is 1. The Morgan fingerprint density at radius 1 is 0.966 bits per heavy atom. The minimum Gasteiger partial charge on any atom is -0.455 e. The van der Waals surface area contributed by atoms with Gasteiger partial charge in [-0.2, -0.15) is 13.2 Å². The highest BCUT2D eigenvalue weighted by atomic mass is 19.4. The predicted octanol–water partition coefficient (Wildman–Crippen LogP) is 2.69. The number of alkyl halides is 3. The molecule has 6 nitrogen and oxygen atoms in total. The van der Waals surface area contributed by atoms with Crippen molar-refractivity contribution in [1.29, 1.82) is 0 Å². The number of amides is 2. The lowest BCUT2D eigenvalue weighted by Gasteiger charge is -2.09. The van der Waals surface area contributed by atoms with Crippen LogP contribution in [0.2, 0.25) is 0 Å². The molecule has 0 aromatic heterocycles. The van der Waals surface area contributed by atoms with Gasteiger partial charge in [0.25, 0.3) is 5.91 Å². The first-order valence-corrected chi connectivity index (χ1v) is 8.27. The van der Waals surface area contributed by atoms with Crippen LogP contribution >= 0.6 is 0 Å². The SMILES string of the molecule is O=C(COC(=O)Cc1cccc(C(F)(F)F)c1)NCC(=O)Nc1ccc(F)cc1. The highest BCUT2D eigenvalue weighted by Crippen LogP contribution is 2.29. The van der Waals surface area contributed by atoms with Crippen LogP contribution < -0.4 is 10.6 Å². The average molecular weight is 412 g/mol. The molecule has 2 aromatic rings. The molecule has 29 heavy (non-hydrogen) atoms. The minimum absolute atomic E-state index is 0.0870. The summed E-state index contributed by atoms with van der Waals surface area (Å²) in [6, 6.07) is 9.17. The zero-order valence-electron chi connectivity index (χ0n) is 14.9. The van der Waals surface area contributed by atoms with Gasteiger partial charge >= 0.3 is 12.1 Å². The first-order valence-electron chi connectivity index (χ1n) is 8.27. The summed E-state index contributed by atoms with van der Waals surface area (Å²) in [5, 5.41) is 4.63. The number of halogens is 4. The third kappa shape index (κ3) is 7.60. The summed E-state index contributed by atoms with van der Waals surface area (Å²) in [6.07, 6.45) is -4.98. The molecule has 0 aliphatic heterocycles. The molecule has 2 aromatic carbocycles. The monoisotopic (exact) mass is 412 g/mol. The van der Waals surface area contributed by atoms with E-state index in [0.29, 0.717) is 5.69 Å². The molecular formula is C19H16F4N2O4. The maximum Gasteiger partial charge on any atom is 0.416 e. The quantitative estimate of drug-likeness (QED) is 0.541. The van der Waals surface area contributed by atoms with E-state index >= 15 is 0 Å². The van der Waals surface area contributed by atoms with Crippen LogP contribution in [0.5, 0.6) is 0 Å². The van der Waals surface area contributed by atoms with Crippen molar-refractivity contribution >= 4 is 23.5 Å². The van der Waals surface area contributed by atoms with E-state index in [-0.39, 0.29) is 5.56 Å². The highest BCUT2D eigenvalue weighted by molar-refractivity contribution is 5.94. The molecular weight excluding hydrogens is 396 g/mol. The maximum absolute atomic E-state index is 12.8. The Morgan fingerprint density at radius 2 is 1.66 bits per heavy atom. The Morgan fingerprint density at radius 3 is 2.31 bits per heavy atom. The molecule has 0 fully saturated rings. The summed E-state index contributed by atoms with van der Waals surface area (Å²) in [5.41, 5.74) is -0.477. The molecule has 0 saturated carbocycles. The summed E-state index contributed by atoms with van der Waals surface area (Å²) >= 11 is 0. The van der Waals surface area contributed by atoms with Crippen LogP contribution in [-0.2, 0) is 31.7 Å². The fourth-order valence-electron chi connectivity index (χ4n) is 2.19. The number of carbonyl (C=O) groups excluding carboxylic acids is 3. The Kier molecular flexibility index (Phi) is 7.29. The number of carbonyl (C=O) groups is 3. The van der Waals surface area contributed by atoms with Gasteiger partial charge in [0.05, 0.1) is 18.5 Å². The Labute approximate surface area is 162 Å². The largest absolute Gasteiger partial charge is 0.455 e. The molecule has 0 unspecified atom stereocenters. The second-order valence-corrected chi connectivity index (χ2v) is 5.87. The summed E-state index contributed by atoms with van der Waals surface area (Å²) < 4.78 is 55.4. The van der Waals surface area contributed by atoms with E-state index in [1.165, 1.54) is 18.2 Å². The second-order valence-electron chi connectivity index (χ2n) is 5.87. The number of hydrogen-bond acceptors (Lipinski definition) is 4. The Hall–Kier alpha value is -3.43. The molecule has 2 rings (SSSR count). The van der Waals surface area contributed by atoms with Crippen LogP contribution in [0, 0.1) is 5.82 Å². The van der Waals surface area contributed by atoms with E-state index in [1.807, 2.05) is 0 Å². The molecule has 0 atom stereocenters. The second kappa shape index (κ2) is 9.67. The molecule has 2 N–H and O–H groups in total. The van der Waals surface area contributed by atoms with Crippen LogP contribution in [0.3, 0.4) is 0 Å². The topological polar surface area (TPSA) is 84.5 Å². The molecule has 154 valence electrons. The average Bonchev–Trinajstić information content (AvgIpc) is 2.66. The van der Waals surface area contributed by atoms with Crippen LogP contribution in [0.1, 0.15) is 11.1 Å². The van der Waals surface area contributed by atoms with E-state index in [1.54, 1.807) is 0 Å². The lowest BCUT2D eigenvalue weighted by Crippen LogP contribution is -2.35. The van der Waals surface area contributed by atoms with Gasteiger partial charge in [0.1, 0.15) is 5.82 Å². The van der Waals surface area contributed by atoms with Gasteiger partial charge in [-0.1, -0.05) is 18.2 Å². The zero-order chi connectivity index (χ0) is 21.4. The van der Waals surface area contributed by atoms with Crippen molar-refractivity contribution in [2.45, 2.75) is 12.6 Å². The number of rotatable bonds is 7. The molecule has 0 aliphatic rings. The molecule has 0 saturated heterocycles. The standard InChI is InChI=1S/C19H16F4N2O4/c20-14-4-6-15(7-5-14)25-16(26)10-24-17(27)11-29-18(28)9-12-2-1-3-13(8-12)19(21,22)23/h1-8H,9-11H2,(H,24,27)(H,25,26). The molecule has 10 heteroatoms. The van der Waals surface area contributed by atoms with Gasteiger partial charge in [0, 0.05) is 5.69 Å². The first kappa shape index (κ1) is 21.9. The van der Waals surface area contributed by atoms with Gasteiger partial charge in [0.2, 0.25) is 5.91 Å². The van der Waals surface area contributed by atoms with Gasteiger partial charge in [-0.15, -0.1) is 0 Å². The molecule has 0 aliphatic carbocycles. The normalized spacial score (nSPS) is 10.9. The van der Waals surface area contributed by atoms with Gasteiger partial charge < -0.3 is 15.4 Å². The van der Waals surface area contributed by atoms with E-state index in [9.17, 15) is 31.9 Å². The number of anilines is 1. The summed E-state index contributed by atoms with van der Waals surface area (Å²) in [7, 11) is 0. The molecule has 0 heterocycles. The minimum atomic E-state index is -4.53. The zero-order valence-corrected chi connectivity index (χ0v) is 14.9. The van der Waals surface area contributed by atoms with Gasteiger partial charge in [-0.05, 0) is 35.9 Å². The van der Waals surface area contributed by atoms with Gasteiger partial charge in [-0.3, -0.25) is 14.4 Å². The van der Waals surface area contributed by atoms with Crippen LogP contribution in [-0.4, -0.2) is 30.9 Å². The van der Waals surface area contributed by atoms with E-state index in [0.717, 1.165) is 30.3 Å². The molecule has 0 radical (unpaired) electrons. The third-order valence-electron chi connectivity index (χ3n) is 3.54. The summed E-state index contributed by atoms with van der Waals surface area (Å²) in [6.45, 7) is -1.11. The van der Waals surface area contributed by atoms with Crippen LogP contribution in [0.15, 0.2) is 48.5 Å². The summed E-state index contributed by atoms with van der Waals surface area (Å²) in [5.74, 6) is -2.71. The van der Waals surface area contributed by atoms with E-state index in [4.69, 9.17) is 4.74 Å². The molecule has 0 bridgehead atoms. The first-order chi connectivity index (χ1) is 13.6. The maximum atomic E-state index is 12.8. The lowest BCUT2D eigenvalue weighted by atomic mass is 10.1. The van der Waals surface area contributed by atoms with Crippen LogP contribution in [0.4, 0.5) is 23.2 Å². The number of esters is 1. The van der Waals surface area contributed by atoms with Gasteiger partial charge in [-0.25, -0.2) is 4.39 Å². The van der Waals surface area contributed by atoms with E-state index < -0.39 is 54.9 Å². The highest BCUT2D eigenvalue weighted by Gasteiger charge is 2.30. The Balaban J connectivity index is 1.72. The number of hydrogen-bond donors (Lipinski definition) is 2. The molecule has 0 spiro atoms. The van der Waals surface area contributed by atoms with Crippen molar-refractivity contribution in [2.75, 3.05) is 18.5 Å². The van der Waals surface area contributed by atoms with Crippen molar-refractivity contribution in [3.05, 3.63) is 65.5 Å². The Bertz CT molecular complexity index is 883. The van der Waals surface area contributed by atoms with Crippen molar-refractivity contribution < 1.29 is 36.7 Å². The van der Waals surface area contributed by atoms with Crippen molar-refractivity contribution in [2.24, 2.45) is 0 Å². The summed E-state index contributed by atoms with van der Waals surface area (Å²) in [4.78, 5) is 35.0. The van der Waals surface area contributed by atoms with Crippen molar-refractivity contribution in [3.8, 4) is 0 Å². The fraction of sp³-hybridized carbons (Fsp3) is 0.211. The van der Waals surface area contributed by atoms with E-state index in [2.05, 4.69) is 10.6 Å². The predicted molar refractivity (Wildman–Crippen MR) is 94.1 cm³/mol. The number of nitrogens with one attached hydrogen (secondary N) is 2. The third-order valence-corrected chi connectivity index (χ3v) is 3.54. The fourth-order valence-corrected chi connectivity index (χ4v) is 2.19.